The maximum atomic E-state index is 13.1. The quantitative estimate of drug-likeness (QED) is 0.880. The van der Waals surface area contributed by atoms with Crippen LogP contribution in [0.15, 0.2) is 24.3 Å². The average Bonchev–Trinajstić information content (AvgIpc) is 3.08. The van der Waals surface area contributed by atoms with Crippen molar-refractivity contribution in [3.05, 3.63) is 35.6 Å². The first-order valence-corrected chi connectivity index (χ1v) is 9.19. The van der Waals surface area contributed by atoms with Gasteiger partial charge in [-0.05, 0) is 37.0 Å². The van der Waals surface area contributed by atoms with Crippen molar-refractivity contribution in [2.24, 2.45) is 5.92 Å². The van der Waals surface area contributed by atoms with Crippen molar-refractivity contribution in [1.82, 2.24) is 15.5 Å². The van der Waals surface area contributed by atoms with Crippen molar-refractivity contribution in [3.8, 4) is 0 Å². The molecule has 5 nitrogen and oxygen atoms in total. The minimum absolute atomic E-state index is 0.0138. The van der Waals surface area contributed by atoms with Gasteiger partial charge in [0.05, 0.1) is 0 Å². The summed E-state index contributed by atoms with van der Waals surface area (Å²) in [4.78, 5) is 26.4. The van der Waals surface area contributed by atoms with E-state index in [4.69, 9.17) is 0 Å². The van der Waals surface area contributed by atoms with Crippen molar-refractivity contribution >= 4 is 11.9 Å². The fourth-order valence-corrected chi connectivity index (χ4v) is 3.75. The van der Waals surface area contributed by atoms with Gasteiger partial charge in [-0.3, -0.25) is 4.79 Å². The monoisotopic (exact) mass is 347 g/mol. The number of carbonyl (C=O) groups excluding carboxylic acids is 2. The van der Waals surface area contributed by atoms with Gasteiger partial charge in [-0.15, -0.1) is 0 Å². The van der Waals surface area contributed by atoms with Gasteiger partial charge in [-0.1, -0.05) is 31.4 Å². The highest BCUT2D eigenvalue weighted by Gasteiger charge is 2.31. The molecule has 1 unspecified atom stereocenters. The fraction of sp³-hybridized carbons (Fsp3) is 0.579. The van der Waals surface area contributed by atoms with Crippen LogP contribution in [0.4, 0.5) is 9.18 Å². The van der Waals surface area contributed by atoms with E-state index in [-0.39, 0.29) is 36.3 Å². The molecule has 1 atom stereocenters. The Labute approximate surface area is 148 Å². The number of hydrogen-bond acceptors (Lipinski definition) is 2. The van der Waals surface area contributed by atoms with Crippen LogP contribution in [-0.4, -0.2) is 36.0 Å². The lowest BCUT2D eigenvalue weighted by molar-refractivity contribution is -0.135. The standard InChI is InChI=1S/C19H26FN3O2/c20-16-8-4-5-14(11-16)12-21-19(25)22-17-9-10-23(13-17)18(24)15-6-2-1-3-7-15/h4-5,8,11,15,17H,1-3,6-7,9-10,12-13H2,(H2,21,22,25). The van der Waals surface area contributed by atoms with Gasteiger partial charge in [-0.25, -0.2) is 9.18 Å². The van der Waals surface area contributed by atoms with E-state index in [9.17, 15) is 14.0 Å². The van der Waals surface area contributed by atoms with Gasteiger partial charge >= 0.3 is 6.03 Å². The highest BCUT2D eigenvalue weighted by molar-refractivity contribution is 5.79. The molecule has 1 heterocycles. The van der Waals surface area contributed by atoms with E-state index in [2.05, 4.69) is 10.6 Å². The number of nitrogens with zero attached hydrogens (tertiary/aromatic N) is 1. The molecule has 3 amide bonds. The third kappa shape index (κ3) is 4.94. The molecule has 0 radical (unpaired) electrons. The van der Waals surface area contributed by atoms with Gasteiger partial charge in [0.15, 0.2) is 0 Å². The topological polar surface area (TPSA) is 61.4 Å². The SMILES string of the molecule is O=C(NCc1cccc(F)c1)NC1CCN(C(=O)C2CCCCC2)C1. The van der Waals surface area contributed by atoms with Crippen molar-refractivity contribution in [1.29, 1.82) is 0 Å². The Balaban J connectivity index is 1.41. The number of carbonyl (C=O) groups is 2. The number of benzene rings is 1. The van der Waals surface area contributed by atoms with Gasteiger partial charge in [0, 0.05) is 31.6 Å². The number of halogens is 1. The van der Waals surface area contributed by atoms with Crippen molar-refractivity contribution in [3.63, 3.8) is 0 Å². The molecule has 1 aliphatic heterocycles. The number of nitrogens with one attached hydrogen (secondary N) is 2. The predicted molar refractivity (Wildman–Crippen MR) is 93.3 cm³/mol. The summed E-state index contributed by atoms with van der Waals surface area (Å²) in [6.45, 7) is 1.58. The molecule has 2 N–H and O–H groups in total. The summed E-state index contributed by atoms with van der Waals surface area (Å²) >= 11 is 0. The zero-order valence-electron chi connectivity index (χ0n) is 14.5. The van der Waals surface area contributed by atoms with Crippen LogP contribution in [0.3, 0.4) is 0 Å². The average molecular weight is 347 g/mol. The van der Waals surface area contributed by atoms with Crippen LogP contribution in [0.5, 0.6) is 0 Å². The van der Waals surface area contributed by atoms with Crippen LogP contribution in [0.1, 0.15) is 44.1 Å². The van der Waals surface area contributed by atoms with Crippen molar-refractivity contribution in [2.75, 3.05) is 13.1 Å². The van der Waals surface area contributed by atoms with Crippen LogP contribution >= 0.6 is 0 Å². The number of urea groups is 1. The first-order chi connectivity index (χ1) is 12.1. The third-order valence-electron chi connectivity index (χ3n) is 5.13. The normalized spacial score (nSPS) is 21.2. The van der Waals surface area contributed by atoms with Gasteiger partial charge in [-0.2, -0.15) is 0 Å². The molecule has 25 heavy (non-hydrogen) atoms. The van der Waals surface area contributed by atoms with Crippen molar-refractivity contribution < 1.29 is 14.0 Å². The maximum Gasteiger partial charge on any atom is 0.315 e. The van der Waals surface area contributed by atoms with E-state index < -0.39 is 0 Å². The molecule has 0 bridgehead atoms. The van der Waals surface area contributed by atoms with E-state index in [1.165, 1.54) is 18.6 Å². The van der Waals surface area contributed by atoms with Gasteiger partial charge in [0.2, 0.25) is 5.91 Å². The second-order valence-corrected chi connectivity index (χ2v) is 7.06. The highest BCUT2D eigenvalue weighted by Crippen LogP contribution is 2.26. The van der Waals surface area contributed by atoms with Gasteiger partial charge in [0.1, 0.15) is 5.82 Å². The molecular formula is C19H26FN3O2. The fourth-order valence-electron chi connectivity index (χ4n) is 3.75. The Morgan fingerprint density at radius 3 is 2.72 bits per heavy atom. The van der Waals surface area contributed by atoms with Crippen LogP contribution in [0, 0.1) is 11.7 Å². The Kier molecular flexibility index (Phi) is 5.89. The molecule has 1 aromatic carbocycles. The largest absolute Gasteiger partial charge is 0.340 e. The number of likely N-dealkylation sites (tertiary alicyclic amines) is 1. The summed E-state index contributed by atoms with van der Waals surface area (Å²) in [5.41, 5.74) is 0.718. The third-order valence-corrected chi connectivity index (χ3v) is 5.13. The predicted octanol–water partition coefficient (Wildman–Crippen LogP) is 2.81. The van der Waals surface area contributed by atoms with E-state index in [1.807, 2.05) is 4.90 Å². The van der Waals surface area contributed by atoms with Crippen LogP contribution in [-0.2, 0) is 11.3 Å². The van der Waals surface area contributed by atoms with Crippen LogP contribution < -0.4 is 10.6 Å². The number of hydrogen-bond donors (Lipinski definition) is 2. The summed E-state index contributed by atoms with van der Waals surface area (Å²) in [5, 5.41) is 5.65. The summed E-state index contributed by atoms with van der Waals surface area (Å²) in [5.74, 6) is 0.117. The zero-order chi connectivity index (χ0) is 17.6. The molecule has 2 fully saturated rings. The second kappa shape index (κ2) is 8.32. The summed E-state index contributed by atoms with van der Waals surface area (Å²) in [7, 11) is 0. The molecule has 1 aromatic rings. The van der Waals surface area contributed by atoms with E-state index >= 15 is 0 Å². The molecule has 1 saturated heterocycles. The first-order valence-electron chi connectivity index (χ1n) is 9.19. The van der Waals surface area contributed by atoms with E-state index in [0.717, 1.165) is 37.7 Å². The lowest BCUT2D eigenvalue weighted by Gasteiger charge is -2.26. The Bertz CT molecular complexity index is 616. The Morgan fingerprint density at radius 2 is 1.96 bits per heavy atom. The molecule has 3 rings (SSSR count). The molecule has 0 aromatic heterocycles. The smallest absolute Gasteiger partial charge is 0.315 e. The summed E-state index contributed by atoms with van der Waals surface area (Å²) in [6.07, 6.45) is 6.32. The van der Waals surface area contributed by atoms with Crippen molar-refractivity contribution in [2.45, 2.75) is 51.1 Å². The first kappa shape index (κ1) is 17.7. The molecule has 2 aliphatic rings. The molecule has 6 heteroatoms. The lowest BCUT2D eigenvalue weighted by atomic mass is 9.88. The lowest BCUT2D eigenvalue weighted by Crippen LogP contribution is -2.44. The molecule has 0 spiro atoms. The van der Waals surface area contributed by atoms with E-state index in [0.29, 0.717) is 13.1 Å². The second-order valence-electron chi connectivity index (χ2n) is 7.06. The number of rotatable bonds is 4. The minimum atomic E-state index is -0.313. The van der Waals surface area contributed by atoms with Crippen LogP contribution in [0.2, 0.25) is 0 Å². The highest BCUT2D eigenvalue weighted by atomic mass is 19.1. The van der Waals surface area contributed by atoms with E-state index in [1.54, 1.807) is 12.1 Å². The molecule has 1 aliphatic carbocycles. The summed E-state index contributed by atoms with van der Waals surface area (Å²) in [6, 6.07) is 5.88. The maximum absolute atomic E-state index is 13.1. The number of amides is 3. The Hall–Kier alpha value is -2.11. The molecular weight excluding hydrogens is 321 g/mol. The Morgan fingerprint density at radius 1 is 1.16 bits per heavy atom. The molecule has 136 valence electrons. The van der Waals surface area contributed by atoms with Gasteiger partial charge in [0.25, 0.3) is 0 Å². The minimum Gasteiger partial charge on any atom is -0.340 e. The molecule has 1 saturated carbocycles. The zero-order valence-corrected chi connectivity index (χ0v) is 14.5. The van der Waals surface area contributed by atoms with Crippen LogP contribution in [0.25, 0.3) is 0 Å². The summed E-state index contributed by atoms with van der Waals surface area (Å²) < 4.78 is 13.1. The van der Waals surface area contributed by atoms with Gasteiger partial charge < -0.3 is 15.5 Å².